The number of halogens is 1. The molecule has 0 atom stereocenters. The van der Waals surface area contributed by atoms with E-state index in [0.717, 1.165) is 11.5 Å². The summed E-state index contributed by atoms with van der Waals surface area (Å²) in [5, 5.41) is 0. The molecule has 0 saturated carbocycles. The predicted octanol–water partition coefficient (Wildman–Crippen LogP) is -0.317. The van der Waals surface area contributed by atoms with Crippen LogP contribution in [0.25, 0.3) is 0 Å². The minimum atomic E-state index is -1.35. The average Bonchev–Trinajstić information content (AvgIpc) is 2.32. The van der Waals surface area contributed by atoms with Gasteiger partial charge in [-0.05, 0) is 0 Å². The van der Waals surface area contributed by atoms with Crippen molar-refractivity contribution >= 4 is 24.1 Å². The van der Waals surface area contributed by atoms with Crippen molar-refractivity contribution in [2.24, 2.45) is 0 Å². The Morgan fingerprint density at radius 1 is 0.625 bits per heavy atom. The van der Waals surface area contributed by atoms with Gasteiger partial charge in [0.25, 0.3) is 0 Å². The second kappa shape index (κ2) is 7.48. The van der Waals surface area contributed by atoms with Gasteiger partial charge < -0.3 is 12.4 Å². The van der Waals surface area contributed by atoms with Crippen molar-refractivity contribution in [3.8, 4) is 11.5 Å². The second-order valence-corrected chi connectivity index (χ2v) is 4.88. The number of hydrogen-bond acceptors (Lipinski definition) is 2. The van der Waals surface area contributed by atoms with Gasteiger partial charge in [-0.1, -0.05) is 0 Å². The third-order valence-corrected chi connectivity index (χ3v) is 3.99. The monoisotopic (exact) mass is 430 g/mol. The van der Waals surface area contributed by atoms with E-state index in [2.05, 4.69) is 0 Å². The molecule has 0 heterocycles. The summed E-state index contributed by atoms with van der Waals surface area (Å²) in [7, 11) is 0. The van der Waals surface area contributed by atoms with Gasteiger partial charge in [0.1, 0.15) is 0 Å². The summed E-state index contributed by atoms with van der Waals surface area (Å²) in [4.78, 5) is 0. The van der Waals surface area contributed by atoms with E-state index in [0.29, 0.717) is 0 Å². The topological polar surface area (TPSA) is 18.5 Å². The first-order valence-electron chi connectivity index (χ1n) is 4.59. The van der Waals surface area contributed by atoms with Crippen LogP contribution in [0, 0.1) is 0 Å². The molecule has 0 spiro atoms. The van der Waals surface area contributed by atoms with Crippen LogP contribution in [-0.2, 0) is 0 Å². The van der Waals surface area contributed by atoms with E-state index in [4.69, 9.17) is 5.63 Å². The molecule has 0 aliphatic heterocycles. The van der Waals surface area contributed by atoms with E-state index < -0.39 is 24.1 Å². The summed E-state index contributed by atoms with van der Waals surface area (Å²) < 4.78 is 11.1. The van der Waals surface area contributed by atoms with Gasteiger partial charge in [-0.15, -0.1) is 0 Å². The molecule has 0 amide bonds. The van der Waals surface area contributed by atoms with E-state index in [9.17, 15) is 0 Å². The zero-order valence-corrected chi connectivity index (χ0v) is 12.6. The van der Waals surface area contributed by atoms with Crippen LogP contribution >= 0.6 is 0 Å². The molecule has 0 aliphatic rings. The molecule has 2 rings (SSSR count). The van der Waals surface area contributed by atoms with Crippen molar-refractivity contribution in [1.29, 1.82) is 0 Å². The number of rotatable bonds is 4. The molecule has 0 fully saturated rings. The predicted molar refractivity (Wildman–Crippen MR) is 59.9 cm³/mol. The minimum absolute atomic E-state index is 0. The first kappa shape index (κ1) is 13.3. The van der Waals surface area contributed by atoms with Crippen LogP contribution in [0.1, 0.15) is 0 Å². The summed E-state index contributed by atoms with van der Waals surface area (Å²) in [6.45, 7) is 0. The fourth-order valence-electron chi connectivity index (χ4n) is 1.07. The van der Waals surface area contributed by atoms with Crippen molar-refractivity contribution in [2.75, 3.05) is 0 Å². The Labute approximate surface area is 114 Å². The SMILES string of the molecule is [Cl-].c1ccc([O][Bi+][O]c2ccccc2)cc1. The fourth-order valence-corrected chi connectivity index (χ4v) is 2.83. The molecule has 2 nitrogen and oxygen atoms in total. The normalized spacial score (nSPS) is 9.00. The molecule has 2 aromatic carbocycles. The van der Waals surface area contributed by atoms with E-state index in [1.54, 1.807) is 0 Å². The van der Waals surface area contributed by atoms with Gasteiger partial charge in [0.05, 0.1) is 0 Å². The maximum atomic E-state index is 5.57. The molecule has 4 heteroatoms. The summed E-state index contributed by atoms with van der Waals surface area (Å²) in [5.41, 5.74) is 0. The van der Waals surface area contributed by atoms with E-state index >= 15 is 0 Å². The van der Waals surface area contributed by atoms with E-state index in [-0.39, 0.29) is 12.4 Å². The Bertz CT molecular complexity index is 355. The Morgan fingerprint density at radius 2 is 1.00 bits per heavy atom. The molecule has 0 N–H and O–H groups in total. The number of hydrogen-bond donors (Lipinski definition) is 0. The molecule has 0 saturated heterocycles. The molecular weight excluding hydrogens is 421 g/mol. The molecule has 16 heavy (non-hydrogen) atoms. The zero-order chi connectivity index (χ0) is 10.3. The van der Waals surface area contributed by atoms with E-state index in [1.165, 1.54) is 0 Å². The van der Waals surface area contributed by atoms with Gasteiger partial charge in [-0.25, -0.2) is 0 Å². The Hall–Kier alpha value is -0.787. The zero-order valence-electron chi connectivity index (χ0n) is 8.42. The Balaban J connectivity index is 0.00000128. The summed E-state index contributed by atoms with van der Waals surface area (Å²) >= 11 is -1.35. The van der Waals surface area contributed by atoms with Gasteiger partial charge in [0, 0.05) is 0 Å². The number of benzene rings is 2. The van der Waals surface area contributed by atoms with Crippen molar-refractivity contribution in [3.63, 3.8) is 0 Å². The van der Waals surface area contributed by atoms with Crippen molar-refractivity contribution in [3.05, 3.63) is 60.7 Å². The third-order valence-electron chi connectivity index (χ3n) is 1.77. The molecule has 82 valence electrons. The molecular formula is C12H10BiClO2. The molecule has 0 unspecified atom stereocenters. The van der Waals surface area contributed by atoms with Crippen LogP contribution in [0.4, 0.5) is 0 Å². The van der Waals surface area contributed by atoms with Gasteiger partial charge in [0.15, 0.2) is 0 Å². The van der Waals surface area contributed by atoms with Crippen LogP contribution < -0.4 is 18.0 Å². The van der Waals surface area contributed by atoms with Crippen molar-refractivity contribution in [2.45, 2.75) is 0 Å². The van der Waals surface area contributed by atoms with Gasteiger partial charge >= 0.3 is 102 Å². The molecule has 2 radical (unpaired) electrons. The quantitative estimate of drug-likeness (QED) is 0.620. The van der Waals surface area contributed by atoms with Gasteiger partial charge in [0.2, 0.25) is 0 Å². The first-order chi connectivity index (χ1) is 7.45. The van der Waals surface area contributed by atoms with E-state index in [1.807, 2.05) is 60.7 Å². The molecule has 2 aromatic rings. The summed E-state index contributed by atoms with van der Waals surface area (Å²) in [6, 6.07) is 19.5. The fraction of sp³-hybridized carbons (Fsp3) is 0. The van der Waals surface area contributed by atoms with Crippen LogP contribution in [0.5, 0.6) is 11.5 Å². The standard InChI is InChI=1S/2C6H6O.Bi.ClH/c2*7-6-4-2-1-3-5-6;;/h2*1-5,7H;;1H/q;;+3;/p-3. The van der Waals surface area contributed by atoms with Gasteiger partial charge in [-0.2, -0.15) is 0 Å². The first-order valence-corrected chi connectivity index (χ1v) is 7.43. The Morgan fingerprint density at radius 3 is 1.38 bits per heavy atom. The van der Waals surface area contributed by atoms with Crippen LogP contribution in [0.3, 0.4) is 0 Å². The van der Waals surface area contributed by atoms with Crippen LogP contribution in [0.15, 0.2) is 60.7 Å². The van der Waals surface area contributed by atoms with Crippen molar-refractivity contribution < 1.29 is 18.0 Å². The van der Waals surface area contributed by atoms with Crippen molar-refractivity contribution in [1.82, 2.24) is 0 Å². The Kier molecular flexibility index (Phi) is 6.21. The average molecular weight is 431 g/mol. The van der Waals surface area contributed by atoms with Crippen LogP contribution in [0.2, 0.25) is 0 Å². The second-order valence-electron chi connectivity index (χ2n) is 2.88. The third kappa shape index (κ3) is 4.38. The number of para-hydroxylation sites is 2. The summed E-state index contributed by atoms with van der Waals surface area (Å²) in [5.74, 6) is 1.79. The summed E-state index contributed by atoms with van der Waals surface area (Å²) in [6.07, 6.45) is 0. The van der Waals surface area contributed by atoms with Gasteiger partial charge in [-0.3, -0.25) is 0 Å². The maximum absolute atomic E-state index is 5.57. The molecule has 0 bridgehead atoms. The molecule has 0 aliphatic carbocycles. The van der Waals surface area contributed by atoms with Crippen LogP contribution in [-0.4, -0.2) is 24.1 Å². The molecule has 0 aromatic heterocycles.